The van der Waals surface area contributed by atoms with Crippen molar-refractivity contribution in [3.8, 4) is 0 Å². The molecule has 0 saturated carbocycles. The third-order valence-corrected chi connectivity index (χ3v) is 2.46. The highest BCUT2D eigenvalue weighted by Crippen LogP contribution is 2.16. The molecule has 0 aliphatic heterocycles. The maximum Gasteiger partial charge on any atom is 0.303 e. The molecule has 0 unspecified atom stereocenters. The molecule has 1 amide bonds. The third-order valence-electron chi connectivity index (χ3n) is 2.46. The molecule has 4 heteroatoms. The fraction of sp³-hybridized carbons (Fsp3) is 0.385. The van der Waals surface area contributed by atoms with Gasteiger partial charge in [0.15, 0.2) is 0 Å². The van der Waals surface area contributed by atoms with Crippen LogP contribution in [0, 0.1) is 13.8 Å². The summed E-state index contributed by atoms with van der Waals surface area (Å²) in [6, 6.07) is 5.84. The predicted molar refractivity (Wildman–Crippen MR) is 66.0 cm³/mol. The highest BCUT2D eigenvalue weighted by atomic mass is 16.4. The second-order valence-electron chi connectivity index (χ2n) is 4.11. The molecule has 0 aliphatic rings. The van der Waals surface area contributed by atoms with Crippen molar-refractivity contribution in [2.24, 2.45) is 0 Å². The highest BCUT2D eigenvalue weighted by molar-refractivity contribution is 5.91. The topological polar surface area (TPSA) is 66.4 Å². The number of carbonyl (C=O) groups is 2. The molecule has 1 aromatic rings. The average molecular weight is 235 g/mol. The largest absolute Gasteiger partial charge is 0.481 e. The number of amides is 1. The molecule has 0 bridgehead atoms. The van der Waals surface area contributed by atoms with Crippen molar-refractivity contribution in [3.63, 3.8) is 0 Å². The van der Waals surface area contributed by atoms with Crippen molar-refractivity contribution in [2.75, 3.05) is 5.32 Å². The summed E-state index contributed by atoms with van der Waals surface area (Å²) < 4.78 is 0. The van der Waals surface area contributed by atoms with E-state index in [1.807, 2.05) is 32.0 Å². The van der Waals surface area contributed by atoms with E-state index in [0.717, 1.165) is 16.8 Å². The van der Waals surface area contributed by atoms with Crippen LogP contribution in [0.4, 0.5) is 5.69 Å². The molecule has 0 atom stereocenters. The van der Waals surface area contributed by atoms with Gasteiger partial charge in [0.1, 0.15) is 0 Å². The highest BCUT2D eigenvalue weighted by Gasteiger charge is 2.06. The molecule has 0 heterocycles. The number of anilines is 1. The van der Waals surface area contributed by atoms with E-state index in [1.165, 1.54) is 0 Å². The summed E-state index contributed by atoms with van der Waals surface area (Å²) >= 11 is 0. The van der Waals surface area contributed by atoms with E-state index in [2.05, 4.69) is 5.32 Å². The van der Waals surface area contributed by atoms with Gasteiger partial charge in [0, 0.05) is 18.5 Å². The van der Waals surface area contributed by atoms with E-state index >= 15 is 0 Å². The van der Waals surface area contributed by atoms with Gasteiger partial charge in [-0.05, 0) is 37.5 Å². The number of aliphatic carboxylic acids is 1. The number of nitrogens with one attached hydrogen (secondary N) is 1. The summed E-state index contributed by atoms with van der Waals surface area (Å²) in [7, 11) is 0. The van der Waals surface area contributed by atoms with Gasteiger partial charge in [-0.3, -0.25) is 9.59 Å². The number of carbonyl (C=O) groups excluding carboxylic acids is 1. The molecule has 0 radical (unpaired) electrons. The molecular formula is C13H17NO3. The molecule has 1 rings (SSSR count). The van der Waals surface area contributed by atoms with E-state index in [1.54, 1.807) is 0 Å². The summed E-state index contributed by atoms with van der Waals surface area (Å²) in [4.78, 5) is 21.9. The quantitative estimate of drug-likeness (QED) is 0.824. The third kappa shape index (κ3) is 4.68. The Balaban J connectivity index is 2.50. The van der Waals surface area contributed by atoms with Gasteiger partial charge < -0.3 is 10.4 Å². The van der Waals surface area contributed by atoms with Gasteiger partial charge in [0.25, 0.3) is 0 Å². The number of aryl methyl sites for hydroxylation is 2. The molecule has 4 nitrogen and oxygen atoms in total. The van der Waals surface area contributed by atoms with Gasteiger partial charge in [0.2, 0.25) is 5.91 Å². The van der Waals surface area contributed by atoms with Crippen LogP contribution in [-0.4, -0.2) is 17.0 Å². The normalized spacial score (nSPS) is 10.0. The van der Waals surface area contributed by atoms with E-state index in [0.29, 0.717) is 6.42 Å². The Hall–Kier alpha value is -1.84. The van der Waals surface area contributed by atoms with Crippen LogP contribution in [0.25, 0.3) is 0 Å². The second-order valence-corrected chi connectivity index (χ2v) is 4.11. The number of benzene rings is 1. The van der Waals surface area contributed by atoms with Crippen molar-refractivity contribution >= 4 is 17.6 Å². The lowest BCUT2D eigenvalue weighted by molar-refractivity contribution is -0.137. The van der Waals surface area contributed by atoms with Crippen molar-refractivity contribution < 1.29 is 14.7 Å². The number of hydrogen-bond acceptors (Lipinski definition) is 2. The molecular weight excluding hydrogens is 218 g/mol. The standard InChI is InChI=1S/C13H17NO3/c1-9-6-7-10(2)11(8-9)14-12(15)4-3-5-13(16)17/h6-8H,3-5H2,1-2H3,(H,14,15)(H,16,17). The van der Waals surface area contributed by atoms with Crippen LogP contribution in [-0.2, 0) is 9.59 Å². The zero-order valence-electron chi connectivity index (χ0n) is 10.1. The van der Waals surface area contributed by atoms with E-state index < -0.39 is 5.97 Å². The Morgan fingerprint density at radius 2 is 1.94 bits per heavy atom. The minimum absolute atomic E-state index is 0.0280. The summed E-state index contributed by atoms with van der Waals surface area (Å²) in [5.74, 6) is -1.01. The number of hydrogen-bond donors (Lipinski definition) is 2. The average Bonchev–Trinajstić information content (AvgIpc) is 2.23. The van der Waals surface area contributed by atoms with Crippen LogP contribution in [0.1, 0.15) is 30.4 Å². The first-order valence-electron chi connectivity index (χ1n) is 5.58. The molecule has 92 valence electrons. The van der Waals surface area contributed by atoms with Crippen LogP contribution >= 0.6 is 0 Å². The lowest BCUT2D eigenvalue weighted by atomic mass is 10.1. The van der Waals surface area contributed by atoms with Crippen molar-refractivity contribution in [3.05, 3.63) is 29.3 Å². The molecule has 0 aromatic heterocycles. The van der Waals surface area contributed by atoms with E-state index in [4.69, 9.17) is 5.11 Å². The minimum Gasteiger partial charge on any atom is -0.481 e. The molecule has 1 aromatic carbocycles. The predicted octanol–water partition coefficient (Wildman–Crippen LogP) is 2.50. The Morgan fingerprint density at radius 1 is 1.24 bits per heavy atom. The maximum absolute atomic E-state index is 11.6. The first-order valence-corrected chi connectivity index (χ1v) is 5.58. The van der Waals surface area contributed by atoms with Crippen LogP contribution in [0.2, 0.25) is 0 Å². The number of carboxylic acid groups (broad SMARTS) is 1. The van der Waals surface area contributed by atoms with Gasteiger partial charge in [-0.1, -0.05) is 12.1 Å². The SMILES string of the molecule is Cc1ccc(C)c(NC(=O)CCCC(=O)O)c1. The number of rotatable bonds is 5. The summed E-state index contributed by atoms with van der Waals surface area (Å²) in [5.41, 5.74) is 2.88. The fourth-order valence-electron chi connectivity index (χ4n) is 1.48. The van der Waals surface area contributed by atoms with Crippen molar-refractivity contribution in [1.82, 2.24) is 0 Å². The summed E-state index contributed by atoms with van der Waals surface area (Å²) in [6.45, 7) is 3.88. The molecule has 2 N–H and O–H groups in total. The smallest absolute Gasteiger partial charge is 0.303 e. The molecule has 17 heavy (non-hydrogen) atoms. The monoisotopic (exact) mass is 235 g/mol. The first-order chi connectivity index (χ1) is 7.99. The van der Waals surface area contributed by atoms with Gasteiger partial charge in [0.05, 0.1) is 0 Å². The zero-order chi connectivity index (χ0) is 12.8. The maximum atomic E-state index is 11.6. The number of carboxylic acids is 1. The zero-order valence-corrected chi connectivity index (χ0v) is 10.1. The molecule has 0 saturated heterocycles. The van der Waals surface area contributed by atoms with Crippen molar-refractivity contribution in [1.29, 1.82) is 0 Å². The lowest BCUT2D eigenvalue weighted by Gasteiger charge is -2.08. The Morgan fingerprint density at radius 3 is 2.59 bits per heavy atom. The lowest BCUT2D eigenvalue weighted by Crippen LogP contribution is -2.12. The van der Waals surface area contributed by atoms with Crippen molar-refractivity contribution in [2.45, 2.75) is 33.1 Å². The van der Waals surface area contributed by atoms with E-state index in [-0.39, 0.29) is 18.7 Å². The van der Waals surface area contributed by atoms with Gasteiger partial charge in [-0.15, -0.1) is 0 Å². The minimum atomic E-state index is -0.871. The second kappa shape index (κ2) is 6.03. The van der Waals surface area contributed by atoms with Gasteiger partial charge in [-0.2, -0.15) is 0 Å². The van der Waals surface area contributed by atoms with Gasteiger partial charge >= 0.3 is 5.97 Å². The first kappa shape index (κ1) is 13.2. The van der Waals surface area contributed by atoms with E-state index in [9.17, 15) is 9.59 Å². The molecule has 0 aliphatic carbocycles. The molecule has 0 spiro atoms. The fourth-order valence-corrected chi connectivity index (χ4v) is 1.48. The van der Waals surface area contributed by atoms with Gasteiger partial charge in [-0.25, -0.2) is 0 Å². The summed E-state index contributed by atoms with van der Waals surface area (Å²) in [5, 5.41) is 11.3. The molecule has 0 fully saturated rings. The van der Waals surface area contributed by atoms with Crippen LogP contribution < -0.4 is 5.32 Å². The Bertz CT molecular complexity index is 427. The Kier molecular flexibility index (Phi) is 4.69. The van der Waals surface area contributed by atoms with Crippen LogP contribution in [0.15, 0.2) is 18.2 Å². The van der Waals surface area contributed by atoms with Crippen LogP contribution in [0.5, 0.6) is 0 Å². The van der Waals surface area contributed by atoms with Crippen LogP contribution in [0.3, 0.4) is 0 Å². The Labute approximate surface area is 101 Å². The summed E-state index contributed by atoms with van der Waals surface area (Å²) in [6.07, 6.45) is 0.631.